The summed E-state index contributed by atoms with van der Waals surface area (Å²) >= 11 is 6.60. The minimum Gasteiger partial charge on any atom is -0.366 e. The zero-order valence-electron chi connectivity index (χ0n) is 18.2. The summed E-state index contributed by atoms with van der Waals surface area (Å²) in [5.41, 5.74) is 4.78. The molecule has 5 heteroatoms. The highest BCUT2D eigenvalue weighted by atomic mass is 35.5. The van der Waals surface area contributed by atoms with E-state index in [-0.39, 0.29) is 11.1 Å². The maximum atomic E-state index is 12.7. The smallest absolute Gasteiger partial charge is 0.266 e. The van der Waals surface area contributed by atoms with Crippen LogP contribution >= 0.6 is 11.6 Å². The maximum absolute atomic E-state index is 12.7. The van der Waals surface area contributed by atoms with E-state index in [1.165, 1.54) is 5.56 Å². The molecule has 4 nitrogen and oxygen atoms in total. The number of amides is 1. The summed E-state index contributed by atoms with van der Waals surface area (Å²) in [5, 5.41) is 12.9. The van der Waals surface area contributed by atoms with Crippen LogP contribution in [-0.2, 0) is 4.79 Å². The fraction of sp³-hybridized carbons (Fsp3) is 0.360. The number of nitrogens with one attached hydrogen (secondary N) is 1. The van der Waals surface area contributed by atoms with Crippen molar-refractivity contribution in [3.63, 3.8) is 0 Å². The Bertz CT molecular complexity index is 1050. The highest BCUT2D eigenvalue weighted by molar-refractivity contribution is 6.32. The van der Waals surface area contributed by atoms with Gasteiger partial charge >= 0.3 is 0 Å². The number of rotatable bonds is 4. The van der Waals surface area contributed by atoms with Crippen LogP contribution in [0.4, 0.5) is 11.4 Å². The number of fused-ring (bicyclic) bond motifs is 1. The molecule has 0 radical (unpaired) electrons. The second-order valence-electron chi connectivity index (χ2n) is 8.59. The van der Waals surface area contributed by atoms with Gasteiger partial charge in [0.05, 0.1) is 0 Å². The average molecular weight is 422 g/mol. The largest absolute Gasteiger partial charge is 0.366 e. The summed E-state index contributed by atoms with van der Waals surface area (Å²) in [7, 11) is 0. The number of nitrogens with zero attached hydrogens (tertiary/aromatic N) is 2. The molecule has 30 heavy (non-hydrogen) atoms. The van der Waals surface area contributed by atoms with Crippen molar-refractivity contribution in [2.75, 3.05) is 16.8 Å². The first-order valence-electron chi connectivity index (χ1n) is 10.3. The van der Waals surface area contributed by atoms with Gasteiger partial charge in [0, 0.05) is 28.5 Å². The van der Waals surface area contributed by atoms with Gasteiger partial charge in [-0.2, -0.15) is 5.26 Å². The zero-order chi connectivity index (χ0) is 22.1. The predicted molar refractivity (Wildman–Crippen MR) is 125 cm³/mol. The Morgan fingerprint density at radius 2 is 2.10 bits per heavy atom. The Kier molecular flexibility index (Phi) is 6.24. The molecular weight excluding hydrogens is 394 g/mol. The molecule has 1 atom stereocenters. The lowest BCUT2D eigenvalue weighted by Crippen LogP contribution is -2.48. The number of hydrogen-bond acceptors (Lipinski definition) is 3. The molecule has 0 aliphatic carbocycles. The summed E-state index contributed by atoms with van der Waals surface area (Å²) in [6.07, 6.45) is 2.61. The van der Waals surface area contributed by atoms with E-state index in [9.17, 15) is 10.1 Å². The van der Waals surface area contributed by atoms with Crippen molar-refractivity contribution >= 4 is 35.0 Å². The van der Waals surface area contributed by atoms with Crippen molar-refractivity contribution in [2.24, 2.45) is 0 Å². The lowest BCUT2D eigenvalue weighted by Gasteiger charge is -2.47. The summed E-state index contributed by atoms with van der Waals surface area (Å²) in [5.74, 6) is -0.0878. The van der Waals surface area contributed by atoms with E-state index < -0.39 is 5.91 Å². The second-order valence-corrected chi connectivity index (χ2v) is 9.00. The van der Waals surface area contributed by atoms with Gasteiger partial charge in [-0.3, -0.25) is 4.79 Å². The van der Waals surface area contributed by atoms with Gasteiger partial charge < -0.3 is 10.2 Å². The lowest BCUT2D eigenvalue weighted by molar-refractivity contribution is -0.112. The van der Waals surface area contributed by atoms with Crippen LogP contribution in [0.15, 0.2) is 42.0 Å². The van der Waals surface area contributed by atoms with Crippen LogP contribution in [0.25, 0.3) is 6.08 Å². The van der Waals surface area contributed by atoms with Crippen LogP contribution in [-0.4, -0.2) is 18.0 Å². The third kappa shape index (κ3) is 4.37. The molecule has 0 saturated carbocycles. The Morgan fingerprint density at radius 1 is 1.37 bits per heavy atom. The van der Waals surface area contributed by atoms with Crippen LogP contribution in [0.2, 0.25) is 5.02 Å². The monoisotopic (exact) mass is 421 g/mol. The van der Waals surface area contributed by atoms with Crippen LogP contribution in [0.5, 0.6) is 0 Å². The molecule has 1 unspecified atom stereocenters. The zero-order valence-corrected chi connectivity index (χ0v) is 19.0. The van der Waals surface area contributed by atoms with Crippen molar-refractivity contribution in [1.82, 2.24) is 0 Å². The molecule has 1 N–H and O–H groups in total. The minimum atomic E-state index is -0.443. The van der Waals surface area contributed by atoms with Crippen molar-refractivity contribution in [2.45, 2.75) is 52.5 Å². The molecule has 1 aliphatic heterocycles. The highest BCUT2D eigenvalue weighted by Gasteiger charge is 2.35. The standard InChI is InChI=1S/C25H28ClN3O/c1-6-29-23-13-22(26)18(12-21(23)17(3)14-25(29,4)5)11-19(15-27)24(30)28-20-9-7-8-16(2)10-20/h7-13,17H,6,14H2,1-5H3,(H,28,30)/b19-11+. The van der Waals surface area contributed by atoms with E-state index in [0.717, 1.165) is 24.2 Å². The normalized spacial score (nSPS) is 17.8. The van der Waals surface area contributed by atoms with E-state index in [1.807, 2.05) is 43.3 Å². The van der Waals surface area contributed by atoms with Crippen molar-refractivity contribution in [1.29, 1.82) is 5.26 Å². The Morgan fingerprint density at radius 3 is 2.73 bits per heavy atom. The summed E-state index contributed by atoms with van der Waals surface area (Å²) < 4.78 is 0. The third-order valence-corrected chi connectivity index (χ3v) is 6.09. The van der Waals surface area contributed by atoms with Crippen molar-refractivity contribution < 1.29 is 4.79 Å². The molecule has 156 valence electrons. The number of nitriles is 1. The first-order valence-corrected chi connectivity index (χ1v) is 10.6. The minimum absolute atomic E-state index is 0.0227. The number of anilines is 2. The van der Waals surface area contributed by atoms with Gasteiger partial charge in [-0.05, 0) is 87.1 Å². The number of carbonyl (C=O) groups excluding carboxylic acids is 1. The Hall–Kier alpha value is -2.77. The van der Waals surface area contributed by atoms with E-state index in [1.54, 1.807) is 12.1 Å². The Balaban J connectivity index is 1.97. The van der Waals surface area contributed by atoms with Gasteiger partial charge in [0.1, 0.15) is 11.6 Å². The predicted octanol–water partition coefficient (Wildman–Crippen LogP) is 6.31. The topological polar surface area (TPSA) is 56.1 Å². The number of aryl methyl sites for hydroxylation is 1. The molecule has 2 aromatic rings. The third-order valence-electron chi connectivity index (χ3n) is 5.76. The second kappa shape index (κ2) is 8.53. The molecule has 1 amide bonds. The van der Waals surface area contributed by atoms with Crippen LogP contribution in [0.3, 0.4) is 0 Å². The van der Waals surface area contributed by atoms with E-state index in [0.29, 0.717) is 22.2 Å². The molecule has 3 rings (SSSR count). The van der Waals surface area contributed by atoms with E-state index >= 15 is 0 Å². The fourth-order valence-electron chi connectivity index (χ4n) is 4.46. The molecule has 1 heterocycles. The first-order chi connectivity index (χ1) is 14.2. The summed E-state index contributed by atoms with van der Waals surface area (Å²) in [6, 6.07) is 13.5. The van der Waals surface area contributed by atoms with Crippen molar-refractivity contribution in [3.8, 4) is 6.07 Å². The van der Waals surface area contributed by atoms with Crippen LogP contribution < -0.4 is 10.2 Å². The lowest BCUT2D eigenvalue weighted by atomic mass is 9.79. The number of benzene rings is 2. The number of carbonyl (C=O) groups is 1. The fourth-order valence-corrected chi connectivity index (χ4v) is 4.67. The highest BCUT2D eigenvalue weighted by Crippen LogP contribution is 2.45. The van der Waals surface area contributed by atoms with Crippen molar-refractivity contribution in [3.05, 3.63) is 63.7 Å². The molecule has 0 fully saturated rings. The molecule has 2 aromatic carbocycles. The van der Waals surface area contributed by atoms with Gasteiger partial charge in [-0.1, -0.05) is 30.7 Å². The van der Waals surface area contributed by atoms with Gasteiger partial charge in [0.2, 0.25) is 0 Å². The van der Waals surface area contributed by atoms with Gasteiger partial charge in [0.15, 0.2) is 0 Å². The number of hydrogen-bond donors (Lipinski definition) is 1. The summed E-state index contributed by atoms with van der Waals surface area (Å²) in [6.45, 7) is 11.7. The van der Waals surface area contributed by atoms with Crippen LogP contribution in [0.1, 0.15) is 56.7 Å². The summed E-state index contributed by atoms with van der Waals surface area (Å²) in [4.78, 5) is 15.0. The molecular formula is C25H28ClN3O. The van der Waals surface area contributed by atoms with Gasteiger partial charge in [-0.15, -0.1) is 0 Å². The molecule has 0 bridgehead atoms. The first kappa shape index (κ1) is 21.9. The molecule has 0 aromatic heterocycles. The van der Waals surface area contributed by atoms with E-state index in [2.05, 4.69) is 37.9 Å². The SMILES string of the molecule is CCN1c2cc(Cl)c(/C=C(\C#N)C(=O)Nc3cccc(C)c3)cc2C(C)CC1(C)C. The van der Waals surface area contributed by atoms with E-state index in [4.69, 9.17) is 11.6 Å². The Labute approximate surface area is 184 Å². The van der Waals surface area contributed by atoms with Gasteiger partial charge in [0.25, 0.3) is 5.91 Å². The number of halogens is 1. The average Bonchev–Trinajstić information content (AvgIpc) is 2.66. The van der Waals surface area contributed by atoms with Gasteiger partial charge in [-0.25, -0.2) is 0 Å². The molecule has 1 aliphatic rings. The molecule has 0 spiro atoms. The quantitative estimate of drug-likeness (QED) is 0.465. The van der Waals surface area contributed by atoms with Crippen LogP contribution in [0, 0.1) is 18.3 Å². The maximum Gasteiger partial charge on any atom is 0.266 e. The molecule has 0 saturated heterocycles.